The van der Waals surface area contributed by atoms with Crippen LogP contribution < -0.4 is 74.6 Å². The Kier molecular flexibility index (Phi) is 16.2. The second-order valence-electron chi connectivity index (χ2n) is 5.09. The normalized spacial score (nSPS) is 11.2. The molecule has 1 rings (SSSR count). The molecule has 0 aliphatic heterocycles. The van der Waals surface area contributed by atoms with Crippen LogP contribution in [0.15, 0.2) is 0 Å². The van der Waals surface area contributed by atoms with Crippen LogP contribution in [0.2, 0.25) is 0 Å². The molecule has 0 aliphatic carbocycles. The van der Waals surface area contributed by atoms with Crippen molar-refractivity contribution < 1.29 is 95.3 Å². The van der Waals surface area contributed by atoms with Crippen LogP contribution in [-0.4, -0.2) is 102 Å². The largest absolute Gasteiger partial charge is 1.00 e. The zero-order valence-electron chi connectivity index (χ0n) is 16.1. The van der Waals surface area contributed by atoms with E-state index in [4.69, 9.17) is 10.2 Å². The van der Waals surface area contributed by atoms with E-state index < -0.39 is 31.7 Å². The summed E-state index contributed by atoms with van der Waals surface area (Å²) in [5, 5.41) is 23.2. The Bertz CT molecular complexity index is 751. The van der Waals surface area contributed by atoms with Crippen LogP contribution in [-0.2, 0) is 20.2 Å². The quantitative estimate of drug-likeness (QED) is 0.154. The third-order valence-corrected chi connectivity index (χ3v) is 4.32. The molecule has 14 nitrogen and oxygen atoms in total. The van der Waals surface area contributed by atoms with E-state index in [1.807, 2.05) is 0 Å². The third-order valence-electron chi connectivity index (χ3n) is 2.92. The molecule has 0 saturated heterocycles. The number of aliphatic hydroxyl groups excluding tert-OH is 2. The Morgan fingerprint density at radius 1 is 0.793 bits per heavy atom. The number of hydrogen-bond donors (Lipinski definition) is 4. The van der Waals surface area contributed by atoms with Gasteiger partial charge in [0.05, 0.1) is 45.0 Å². The summed E-state index contributed by atoms with van der Waals surface area (Å²) in [5.41, 5.74) is 0. The second kappa shape index (κ2) is 15.0. The summed E-state index contributed by atoms with van der Waals surface area (Å²) in [4.78, 5) is 13.3. The van der Waals surface area contributed by atoms with Crippen molar-refractivity contribution in [2.75, 3.05) is 66.4 Å². The predicted molar refractivity (Wildman–Crippen MR) is 92.3 cm³/mol. The molecule has 0 saturated carbocycles. The van der Waals surface area contributed by atoms with Crippen molar-refractivity contribution in [1.29, 1.82) is 0 Å². The minimum Gasteiger partial charge on any atom is -0.748 e. The summed E-state index contributed by atoms with van der Waals surface area (Å²) in [6.45, 7) is -1.01. The first-order chi connectivity index (χ1) is 12.5. The molecule has 156 valence electrons. The average molecular weight is 474 g/mol. The molecule has 0 unspecified atom stereocenters. The molecule has 18 heteroatoms. The fourth-order valence-corrected chi connectivity index (χ4v) is 2.50. The molecule has 0 fully saturated rings. The van der Waals surface area contributed by atoms with Crippen LogP contribution in [0, 0.1) is 0 Å². The minimum atomic E-state index is -4.46. The summed E-state index contributed by atoms with van der Waals surface area (Å²) in [7, 11) is -8.91. The Balaban J connectivity index is 0. The first kappa shape index (κ1) is 31.3. The van der Waals surface area contributed by atoms with E-state index in [1.54, 1.807) is 0 Å². The van der Waals surface area contributed by atoms with Crippen molar-refractivity contribution in [3.8, 4) is 0 Å². The number of nitrogens with zero attached hydrogens (tertiary/aromatic N) is 4. The molecule has 4 N–H and O–H groups in total. The molecule has 0 atom stereocenters. The van der Waals surface area contributed by atoms with Gasteiger partial charge in [0.1, 0.15) is 0 Å². The molecule has 0 amide bonds. The van der Waals surface area contributed by atoms with Gasteiger partial charge in [-0.1, -0.05) is 0 Å². The van der Waals surface area contributed by atoms with Gasteiger partial charge < -0.3 is 34.9 Å². The molecule has 0 spiro atoms. The van der Waals surface area contributed by atoms with E-state index >= 15 is 0 Å². The number of hydrogen-bond acceptors (Lipinski definition) is 14. The van der Waals surface area contributed by atoms with Gasteiger partial charge in [0.15, 0.2) is 0 Å². The molecule has 0 aliphatic rings. The van der Waals surface area contributed by atoms with Crippen molar-refractivity contribution in [2.45, 2.75) is 0 Å². The van der Waals surface area contributed by atoms with Gasteiger partial charge in [-0.3, -0.25) is 0 Å². The maximum atomic E-state index is 10.7. The third kappa shape index (κ3) is 14.7. The van der Waals surface area contributed by atoms with Crippen LogP contribution in [0.1, 0.15) is 0 Å². The maximum absolute atomic E-state index is 10.7. The molecule has 0 bridgehead atoms. The molecule has 1 aromatic heterocycles. The fourth-order valence-electron chi connectivity index (χ4n) is 1.79. The van der Waals surface area contributed by atoms with Gasteiger partial charge in [-0.2, -0.15) is 15.0 Å². The number of rotatable bonds is 13. The van der Waals surface area contributed by atoms with Gasteiger partial charge in [0, 0.05) is 26.2 Å². The molecule has 1 heterocycles. The summed E-state index contributed by atoms with van der Waals surface area (Å²) >= 11 is 0. The van der Waals surface area contributed by atoms with Gasteiger partial charge in [0.25, 0.3) is 0 Å². The second-order valence-corrected chi connectivity index (χ2v) is 8.14. The van der Waals surface area contributed by atoms with Gasteiger partial charge in [-0.25, -0.2) is 16.8 Å². The van der Waals surface area contributed by atoms with Gasteiger partial charge in [0.2, 0.25) is 17.8 Å². The molecular weight excluding hydrogens is 454 g/mol. The van der Waals surface area contributed by atoms with E-state index in [0.29, 0.717) is 0 Å². The van der Waals surface area contributed by atoms with Gasteiger partial charge >= 0.3 is 59.1 Å². The molecular formula is C11H20N6Na2O8S2. The van der Waals surface area contributed by atoms with E-state index in [1.165, 1.54) is 4.90 Å². The molecule has 0 aromatic carbocycles. The van der Waals surface area contributed by atoms with Crippen molar-refractivity contribution >= 4 is 38.1 Å². The Morgan fingerprint density at radius 2 is 1.17 bits per heavy atom. The Labute approximate surface area is 213 Å². The predicted octanol–water partition coefficient (Wildman–Crippen LogP) is -9.42. The standard InChI is InChI=1S/C11H22N6O8S2.2Na/c18-5-3-17(4-6-19)11-15-9(12-1-7-26(20,21)22)14-10(16-11)13-2-8-27(23,24)25;;/h18-19H,1-8H2,(H,20,21,22)(H,23,24,25)(H2,12,13,14,15,16);;/q;2*+1/p-2. The number of aliphatic hydroxyl groups is 2. The maximum Gasteiger partial charge on any atom is 1.00 e. The van der Waals surface area contributed by atoms with Crippen LogP contribution in [0.4, 0.5) is 17.8 Å². The van der Waals surface area contributed by atoms with Crippen LogP contribution >= 0.6 is 0 Å². The Morgan fingerprint density at radius 3 is 1.48 bits per heavy atom. The SMILES string of the molecule is O=S(=O)([O-])CCNc1nc(NCCS(=O)(=O)[O-])nc(N(CCO)CCO)n1.[Na+].[Na+]. The van der Waals surface area contributed by atoms with Crippen LogP contribution in [0.25, 0.3) is 0 Å². The van der Waals surface area contributed by atoms with Crippen molar-refractivity contribution in [3.05, 3.63) is 0 Å². The van der Waals surface area contributed by atoms with E-state index in [-0.39, 0.29) is 116 Å². The first-order valence-electron chi connectivity index (χ1n) is 7.61. The summed E-state index contributed by atoms with van der Waals surface area (Å²) in [6, 6.07) is 0. The first-order valence-corrected chi connectivity index (χ1v) is 10.8. The topological polar surface area (TPSA) is 221 Å². The monoisotopic (exact) mass is 474 g/mol. The van der Waals surface area contributed by atoms with Crippen molar-refractivity contribution in [1.82, 2.24) is 15.0 Å². The van der Waals surface area contributed by atoms with E-state index in [9.17, 15) is 25.9 Å². The van der Waals surface area contributed by atoms with Gasteiger partial charge in [-0.15, -0.1) is 0 Å². The number of nitrogens with one attached hydrogen (secondary N) is 2. The van der Waals surface area contributed by atoms with E-state index in [0.717, 1.165) is 0 Å². The fraction of sp³-hybridized carbons (Fsp3) is 0.727. The molecule has 0 radical (unpaired) electrons. The molecule has 29 heavy (non-hydrogen) atoms. The number of aromatic nitrogens is 3. The average Bonchev–Trinajstić information content (AvgIpc) is 2.52. The van der Waals surface area contributed by atoms with Crippen LogP contribution in [0.5, 0.6) is 0 Å². The zero-order chi connectivity index (χ0) is 20.5. The summed E-state index contributed by atoms with van der Waals surface area (Å²) in [5.74, 6) is -1.70. The zero-order valence-corrected chi connectivity index (χ0v) is 21.7. The van der Waals surface area contributed by atoms with Crippen molar-refractivity contribution in [2.24, 2.45) is 0 Å². The number of anilines is 3. The van der Waals surface area contributed by atoms with Crippen molar-refractivity contribution in [3.63, 3.8) is 0 Å². The Hall–Kier alpha value is 0.150. The van der Waals surface area contributed by atoms with Crippen LogP contribution in [0.3, 0.4) is 0 Å². The summed E-state index contributed by atoms with van der Waals surface area (Å²) in [6.07, 6.45) is 0. The minimum absolute atomic E-state index is 0. The summed E-state index contributed by atoms with van der Waals surface area (Å²) < 4.78 is 63.9. The molecule has 1 aromatic rings. The smallest absolute Gasteiger partial charge is 0.748 e. The van der Waals surface area contributed by atoms with Gasteiger partial charge in [-0.05, 0) is 0 Å². The van der Waals surface area contributed by atoms with E-state index in [2.05, 4.69) is 25.6 Å².